The van der Waals surface area contributed by atoms with E-state index in [1.54, 1.807) is 42.7 Å². The maximum atomic E-state index is 10.7. The quantitative estimate of drug-likeness (QED) is 0.876. The highest BCUT2D eigenvalue weighted by atomic mass is 79.9. The molecule has 5 nitrogen and oxygen atoms in total. The standard InChI is InChI=1S/C14H13BrN2O3/c15-11-8-17-6-5-13(11)20-10-3-1-9(2-4-10)7-12(16)14(18)19/h1-6,8,12H,7,16H2,(H,18,19)/t12-/m0/s1. The van der Waals surface area contributed by atoms with E-state index >= 15 is 0 Å². The molecular weight excluding hydrogens is 324 g/mol. The fraction of sp³-hybridized carbons (Fsp3) is 0.143. The third-order valence-corrected chi connectivity index (χ3v) is 3.25. The summed E-state index contributed by atoms with van der Waals surface area (Å²) in [5, 5.41) is 8.76. The largest absolute Gasteiger partial charge is 0.480 e. The number of hydrogen-bond donors (Lipinski definition) is 2. The van der Waals surface area contributed by atoms with E-state index in [-0.39, 0.29) is 6.42 Å². The maximum absolute atomic E-state index is 10.7. The zero-order chi connectivity index (χ0) is 14.5. The van der Waals surface area contributed by atoms with Crippen LogP contribution >= 0.6 is 15.9 Å². The Morgan fingerprint density at radius 3 is 2.65 bits per heavy atom. The summed E-state index contributed by atoms with van der Waals surface area (Å²) in [7, 11) is 0. The highest BCUT2D eigenvalue weighted by molar-refractivity contribution is 9.10. The first-order chi connectivity index (χ1) is 9.56. The number of nitrogens with zero attached hydrogens (tertiary/aromatic N) is 1. The number of pyridine rings is 1. The average molecular weight is 337 g/mol. The highest BCUT2D eigenvalue weighted by Crippen LogP contribution is 2.28. The number of carboxylic acid groups (broad SMARTS) is 1. The lowest BCUT2D eigenvalue weighted by molar-refractivity contribution is -0.138. The Labute approximate surface area is 124 Å². The van der Waals surface area contributed by atoms with Crippen molar-refractivity contribution in [3.05, 3.63) is 52.8 Å². The van der Waals surface area contributed by atoms with E-state index in [0.717, 1.165) is 10.0 Å². The first-order valence-corrected chi connectivity index (χ1v) is 6.70. The van der Waals surface area contributed by atoms with Crippen molar-refractivity contribution in [1.82, 2.24) is 4.98 Å². The van der Waals surface area contributed by atoms with Crippen LogP contribution in [0.25, 0.3) is 0 Å². The summed E-state index contributed by atoms with van der Waals surface area (Å²) in [6, 6.07) is 8.00. The van der Waals surface area contributed by atoms with Gasteiger partial charge in [-0.05, 0) is 40.0 Å². The SMILES string of the molecule is N[C@@H](Cc1ccc(Oc2ccncc2Br)cc1)C(=O)O. The lowest BCUT2D eigenvalue weighted by atomic mass is 10.1. The van der Waals surface area contributed by atoms with E-state index in [0.29, 0.717) is 11.5 Å². The average Bonchev–Trinajstić information content (AvgIpc) is 2.43. The van der Waals surface area contributed by atoms with E-state index in [4.69, 9.17) is 15.6 Å². The van der Waals surface area contributed by atoms with Crippen LogP contribution < -0.4 is 10.5 Å². The summed E-state index contributed by atoms with van der Waals surface area (Å²) in [6.07, 6.45) is 3.57. The van der Waals surface area contributed by atoms with E-state index in [1.807, 2.05) is 0 Å². The van der Waals surface area contributed by atoms with Gasteiger partial charge in [-0.3, -0.25) is 9.78 Å². The third-order valence-electron chi connectivity index (χ3n) is 2.66. The molecule has 0 radical (unpaired) electrons. The number of rotatable bonds is 5. The van der Waals surface area contributed by atoms with Crippen molar-refractivity contribution in [3.8, 4) is 11.5 Å². The predicted molar refractivity (Wildman–Crippen MR) is 77.8 cm³/mol. The molecule has 1 heterocycles. The van der Waals surface area contributed by atoms with Crippen molar-refractivity contribution in [1.29, 1.82) is 0 Å². The second-order valence-electron chi connectivity index (χ2n) is 4.20. The molecule has 0 saturated carbocycles. The number of hydrogen-bond acceptors (Lipinski definition) is 4. The van der Waals surface area contributed by atoms with Crippen LogP contribution in [0, 0.1) is 0 Å². The van der Waals surface area contributed by atoms with Gasteiger partial charge in [0.2, 0.25) is 0 Å². The molecule has 3 N–H and O–H groups in total. The van der Waals surface area contributed by atoms with Gasteiger partial charge in [-0.1, -0.05) is 12.1 Å². The van der Waals surface area contributed by atoms with Gasteiger partial charge in [-0.15, -0.1) is 0 Å². The van der Waals surface area contributed by atoms with Gasteiger partial charge in [0.25, 0.3) is 0 Å². The Balaban J connectivity index is 2.05. The van der Waals surface area contributed by atoms with Crippen LogP contribution in [0.2, 0.25) is 0 Å². The Hall–Kier alpha value is -1.92. The van der Waals surface area contributed by atoms with Gasteiger partial charge >= 0.3 is 5.97 Å². The lowest BCUT2D eigenvalue weighted by Crippen LogP contribution is -2.32. The Bertz CT molecular complexity index is 602. The normalized spacial score (nSPS) is 11.9. The van der Waals surface area contributed by atoms with Gasteiger partial charge in [0.15, 0.2) is 0 Å². The zero-order valence-electron chi connectivity index (χ0n) is 10.5. The number of aliphatic carboxylic acids is 1. The molecule has 0 aliphatic rings. The Morgan fingerprint density at radius 2 is 2.05 bits per heavy atom. The van der Waals surface area contributed by atoms with Crippen molar-refractivity contribution in [2.45, 2.75) is 12.5 Å². The number of nitrogens with two attached hydrogens (primary N) is 1. The zero-order valence-corrected chi connectivity index (χ0v) is 12.1. The molecule has 0 aliphatic carbocycles. The molecule has 2 rings (SSSR count). The van der Waals surface area contributed by atoms with E-state index in [9.17, 15) is 4.79 Å². The van der Waals surface area contributed by atoms with Crippen LogP contribution in [-0.4, -0.2) is 22.1 Å². The fourth-order valence-electron chi connectivity index (χ4n) is 1.61. The molecule has 2 aromatic rings. The van der Waals surface area contributed by atoms with Gasteiger partial charge in [0, 0.05) is 18.5 Å². The van der Waals surface area contributed by atoms with Crippen LogP contribution in [0.3, 0.4) is 0 Å². The fourth-order valence-corrected chi connectivity index (χ4v) is 1.94. The second-order valence-corrected chi connectivity index (χ2v) is 5.06. The van der Waals surface area contributed by atoms with E-state index in [1.165, 1.54) is 0 Å². The smallest absolute Gasteiger partial charge is 0.320 e. The molecule has 6 heteroatoms. The number of carbonyl (C=O) groups is 1. The van der Waals surface area contributed by atoms with Gasteiger partial charge in [-0.2, -0.15) is 0 Å². The summed E-state index contributed by atoms with van der Waals surface area (Å²) in [5.74, 6) is 0.311. The van der Waals surface area contributed by atoms with E-state index < -0.39 is 12.0 Å². The summed E-state index contributed by atoms with van der Waals surface area (Å²) < 4.78 is 6.44. The number of benzene rings is 1. The molecule has 104 valence electrons. The van der Waals surface area contributed by atoms with Crippen molar-refractivity contribution in [2.75, 3.05) is 0 Å². The van der Waals surface area contributed by atoms with Gasteiger partial charge in [0.05, 0.1) is 4.47 Å². The van der Waals surface area contributed by atoms with Crippen LogP contribution in [0.5, 0.6) is 11.5 Å². The number of aromatic nitrogens is 1. The molecule has 0 spiro atoms. The first kappa shape index (κ1) is 14.5. The molecule has 0 unspecified atom stereocenters. The Morgan fingerprint density at radius 1 is 1.35 bits per heavy atom. The number of carboxylic acids is 1. The number of ether oxygens (including phenoxy) is 1. The first-order valence-electron chi connectivity index (χ1n) is 5.91. The van der Waals surface area contributed by atoms with Crippen molar-refractivity contribution in [2.24, 2.45) is 5.73 Å². The second kappa shape index (κ2) is 6.49. The summed E-state index contributed by atoms with van der Waals surface area (Å²) in [4.78, 5) is 14.6. The number of halogens is 1. The van der Waals surface area contributed by atoms with Crippen LogP contribution in [0.1, 0.15) is 5.56 Å². The maximum Gasteiger partial charge on any atom is 0.320 e. The molecule has 20 heavy (non-hydrogen) atoms. The summed E-state index contributed by atoms with van der Waals surface area (Å²) in [5.41, 5.74) is 6.33. The van der Waals surface area contributed by atoms with Crippen LogP contribution in [0.4, 0.5) is 0 Å². The van der Waals surface area contributed by atoms with Crippen molar-refractivity contribution < 1.29 is 14.6 Å². The van der Waals surface area contributed by atoms with Gasteiger partial charge in [-0.25, -0.2) is 0 Å². The summed E-state index contributed by atoms with van der Waals surface area (Å²) >= 11 is 3.35. The van der Waals surface area contributed by atoms with Crippen molar-refractivity contribution >= 4 is 21.9 Å². The molecular formula is C14H13BrN2O3. The third kappa shape index (κ3) is 3.79. The minimum atomic E-state index is -1.01. The summed E-state index contributed by atoms with van der Waals surface area (Å²) in [6.45, 7) is 0. The molecule has 1 aromatic heterocycles. The minimum Gasteiger partial charge on any atom is -0.480 e. The Kier molecular flexibility index (Phi) is 4.70. The van der Waals surface area contributed by atoms with Crippen LogP contribution in [-0.2, 0) is 11.2 Å². The lowest BCUT2D eigenvalue weighted by Gasteiger charge is -2.09. The topological polar surface area (TPSA) is 85.4 Å². The van der Waals surface area contributed by atoms with E-state index in [2.05, 4.69) is 20.9 Å². The molecule has 1 atom stereocenters. The molecule has 1 aromatic carbocycles. The van der Waals surface area contributed by atoms with Crippen molar-refractivity contribution in [3.63, 3.8) is 0 Å². The highest BCUT2D eigenvalue weighted by Gasteiger charge is 2.12. The molecule has 0 saturated heterocycles. The monoisotopic (exact) mass is 336 g/mol. The molecule has 0 aliphatic heterocycles. The van der Waals surface area contributed by atoms with Crippen LogP contribution in [0.15, 0.2) is 47.2 Å². The predicted octanol–water partition coefficient (Wildman–Crippen LogP) is 2.59. The molecule has 0 amide bonds. The molecule has 0 bridgehead atoms. The minimum absolute atomic E-state index is 0.286. The van der Waals surface area contributed by atoms with Gasteiger partial charge < -0.3 is 15.6 Å². The van der Waals surface area contributed by atoms with Gasteiger partial charge in [0.1, 0.15) is 17.5 Å². The molecule has 0 fully saturated rings.